The molecule has 35 heavy (non-hydrogen) atoms. The van der Waals surface area contributed by atoms with Gasteiger partial charge in [-0.3, -0.25) is 0 Å². The van der Waals surface area contributed by atoms with Crippen LogP contribution in [0.1, 0.15) is 152 Å². The number of hydrogen-bond donors (Lipinski definition) is 0. The maximum absolute atomic E-state index is 2.50. The van der Waals surface area contributed by atoms with Crippen molar-refractivity contribution < 1.29 is 0 Å². The van der Waals surface area contributed by atoms with Gasteiger partial charge in [0.05, 0.1) is 6.67 Å². The van der Waals surface area contributed by atoms with E-state index >= 15 is 0 Å². The fourth-order valence-corrected chi connectivity index (χ4v) is 5.21. The van der Waals surface area contributed by atoms with Crippen molar-refractivity contribution in [2.24, 2.45) is 0 Å². The third-order valence-corrected chi connectivity index (χ3v) is 7.51. The van der Waals surface area contributed by atoms with Crippen molar-refractivity contribution in [3.05, 3.63) is 70.0 Å². The summed E-state index contributed by atoms with van der Waals surface area (Å²) in [5, 5.41) is 0. The van der Waals surface area contributed by atoms with Gasteiger partial charge in [-0.2, -0.15) is 0 Å². The van der Waals surface area contributed by atoms with E-state index in [-0.39, 0.29) is 0 Å². The molecule has 1 aliphatic rings. The van der Waals surface area contributed by atoms with Crippen LogP contribution in [0.4, 0.5) is 11.4 Å². The van der Waals surface area contributed by atoms with Crippen LogP contribution in [0, 0.1) is 0 Å². The molecule has 0 spiro atoms. The molecule has 1 heterocycles. The fraction of sp³-hybridized carbons (Fsp3) is 0.576. The van der Waals surface area contributed by atoms with Gasteiger partial charge in [-0.15, -0.1) is 0 Å². The first kappa shape index (κ1) is 27.4. The van der Waals surface area contributed by atoms with Crippen LogP contribution in [0.25, 0.3) is 0 Å². The van der Waals surface area contributed by atoms with Crippen LogP contribution < -0.4 is 9.80 Å². The van der Waals surface area contributed by atoms with E-state index in [2.05, 4.69) is 130 Å². The second-order valence-corrected chi connectivity index (χ2v) is 12.4. The molecule has 0 saturated heterocycles. The Morgan fingerprint density at radius 3 is 0.886 bits per heavy atom. The first-order valence-corrected chi connectivity index (χ1v) is 13.9. The number of rotatable bonds is 8. The predicted octanol–water partition coefficient (Wildman–Crippen LogP) is 10.2. The second-order valence-electron chi connectivity index (χ2n) is 12.4. The van der Waals surface area contributed by atoms with Gasteiger partial charge < -0.3 is 9.80 Å². The Hall–Kier alpha value is -2.22. The lowest BCUT2D eigenvalue weighted by molar-refractivity contribution is 0.783. The van der Waals surface area contributed by atoms with Crippen molar-refractivity contribution in [2.45, 2.75) is 119 Å². The molecule has 192 valence electrons. The first-order chi connectivity index (χ1) is 16.3. The van der Waals surface area contributed by atoms with Gasteiger partial charge in [-0.25, -0.2) is 0 Å². The predicted molar refractivity (Wildman–Crippen MR) is 156 cm³/mol. The fourth-order valence-electron chi connectivity index (χ4n) is 5.21. The molecular weight excluding hydrogens is 424 g/mol. The van der Waals surface area contributed by atoms with Gasteiger partial charge in [0.1, 0.15) is 0 Å². The van der Waals surface area contributed by atoms with Crippen molar-refractivity contribution >= 4 is 11.4 Å². The molecule has 2 aromatic rings. The van der Waals surface area contributed by atoms with E-state index in [0.29, 0.717) is 35.5 Å². The SMILES string of the molecule is CC(C)c1cc(C(C)C)c(N2C=CN(c3c(C(C)C)cc(C(C)C)cc3C(C)C)C2)c(C(C)C)c1. The van der Waals surface area contributed by atoms with Crippen molar-refractivity contribution in [1.82, 2.24) is 0 Å². The standard InChI is InChI=1S/C33H50N2/c1-20(2)26-15-28(22(5)6)32(29(16-26)23(7)8)34-13-14-35(19-34)33-30(24(9)10)17-27(21(3)4)18-31(33)25(11)12/h13-18,20-25H,19H2,1-12H3. The van der Waals surface area contributed by atoms with Crippen molar-refractivity contribution in [3.63, 3.8) is 0 Å². The molecule has 3 rings (SSSR count). The van der Waals surface area contributed by atoms with Gasteiger partial charge in [0.15, 0.2) is 0 Å². The average Bonchev–Trinajstić information content (AvgIpc) is 3.26. The van der Waals surface area contributed by atoms with Gasteiger partial charge >= 0.3 is 0 Å². The minimum absolute atomic E-state index is 0.478. The lowest BCUT2D eigenvalue weighted by Crippen LogP contribution is -2.28. The zero-order valence-corrected chi connectivity index (χ0v) is 24.5. The highest BCUT2D eigenvalue weighted by molar-refractivity contribution is 5.71. The van der Waals surface area contributed by atoms with Crippen LogP contribution >= 0.6 is 0 Å². The Morgan fingerprint density at radius 2 is 0.686 bits per heavy atom. The molecule has 0 aromatic heterocycles. The van der Waals surface area contributed by atoms with E-state index in [0.717, 1.165) is 6.67 Å². The van der Waals surface area contributed by atoms with Crippen LogP contribution in [0.2, 0.25) is 0 Å². The highest BCUT2D eigenvalue weighted by atomic mass is 15.3. The highest BCUT2D eigenvalue weighted by Gasteiger charge is 2.28. The molecule has 0 unspecified atom stereocenters. The molecular formula is C33H50N2. The molecule has 0 bridgehead atoms. The van der Waals surface area contributed by atoms with Gasteiger partial charge in [0, 0.05) is 23.8 Å². The Bertz CT molecular complexity index is 911. The van der Waals surface area contributed by atoms with E-state index in [4.69, 9.17) is 0 Å². The largest absolute Gasteiger partial charge is 0.327 e. The molecule has 0 atom stereocenters. The monoisotopic (exact) mass is 474 g/mol. The van der Waals surface area contributed by atoms with Gasteiger partial charge in [-0.05, 0) is 68.9 Å². The lowest BCUT2D eigenvalue weighted by Gasteiger charge is -2.32. The quantitative estimate of drug-likeness (QED) is 0.375. The maximum atomic E-state index is 2.50. The molecule has 2 nitrogen and oxygen atoms in total. The topological polar surface area (TPSA) is 6.48 Å². The Labute approximate surface area is 216 Å². The van der Waals surface area contributed by atoms with Gasteiger partial charge in [-0.1, -0.05) is 107 Å². The maximum Gasteiger partial charge on any atom is 0.0989 e. The summed E-state index contributed by atoms with van der Waals surface area (Å²) >= 11 is 0. The molecule has 0 radical (unpaired) electrons. The van der Waals surface area contributed by atoms with E-state index in [1.807, 2.05) is 0 Å². The summed E-state index contributed by atoms with van der Waals surface area (Å²) in [4.78, 5) is 5.00. The number of hydrogen-bond acceptors (Lipinski definition) is 2. The van der Waals surface area contributed by atoms with Crippen LogP contribution in [-0.4, -0.2) is 6.67 Å². The Kier molecular flexibility index (Phi) is 8.45. The minimum Gasteiger partial charge on any atom is -0.327 e. The summed E-state index contributed by atoms with van der Waals surface area (Å²) in [6, 6.07) is 9.85. The zero-order chi connectivity index (χ0) is 26.2. The molecule has 1 aliphatic heterocycles. The summed E-state index contributed by atoms with van der Waals surface area (Å²) in [5.74, 6) is 2.98. The van der Waals surface area contributed by atoms with E-state index in [1.54, 1.807) is 0 Å². The molecule has 2 heteroatoms. The molecule has 0 amide bonds. The third kappa shape index (κ3) is 5.63. The van der Waals surface area contributed by atoms with Gasteiger partial charge in [0.2, 0.25) is 0 Å². The normalized spacial score (nSPS) is 14.3. The van der Waals surface area contributed by atoms with Crippen LogP contribution in [0.15, 0.2) is 36.7 Å². The molecule has 0 N–H and O–H groups in total. The van der Waals surface area contributed by atoms with Crippen molar-refractivity contribution in [2.75, 3.05) is 16.5 Å². The summed E-state index contributed by atoms with van der Waals surface area (Å²) in [6.07, 6.45) is 4.62. The summed E-state index contributed by atoms with van der Waals surface area (Å²) in [6.45, 7) is 28.8. The minimum atomic E-state index is 0.478. The lowest BCUT2D eigenvalue weighted by atomic mass is 9.86. The molecule has 0 saturated carbocycles. The van der Waals surface area contributed by atoms with Gasteiger partial charge in [0.25, 0.3) is 0 Å². The Balaban J connectivity index is 2.13. The smallest absolute Gasteiger partial charge is 0.0989 e. The average molecular weight is 475 g/mol. The highest BCUT2D eigenvalue weighted by Crippen LogP contribution is 2.43. The zero-order valence-electron chi connectivity index (χ0n) is 24.5. The molecule has 2 aromatic carbocycles. The van der Waals surface area contributed by atoms with E-state index < -0.39 is 0 Å². The summed E-state index contributed by atoms with van der Waals surface area (Å²) in [5.41, 5.74) is 11.6. The van der Waals surface area contributed by atoms with Crippen molar-refractivity contribution in [1.29, 1.82) is 0 Å². The number of benzene rings is 2. The molecule has 0 aliphatic carbocycles. The molecule has 0 fully saturated rings. The first-order valence-electron chi connectivity index (χ1n) is 13.9. The van der Waals surface area contributed by atoms with Crippen LogP contribution in [-0.2, 0) is 0 Å². The summed E-state index contributed by atoms with van der Waals surface area (Å²) < 4.78 is 0. The summed E-state index contributed by atoms with van der Waals surface area (Å²) in [7, 11) is 0. The van der Waals surface area contributed by atoms with Crippen LogP contribution in [0.3, 0.4) is 0 Å². The third-order valence-electron chi connectivity index (χ3n) is 7.51. The second kappa shape index (κ2) is 10.8. The number of nitrogens with zero attached hydrogens (tertiary/aromatic N) is 2. The van der Waals surface area contributed by atoms with Crippen LogP contribution in [0.5, 0.6) is 0 Å². The van der Waals surface area contributed by atoms with E-state index in [9.17, 15) is 0 Å². The Morgan fingerprint density at radius 1 is 0.429 bits per heavy atom. The van der Waals surface area contributed by atoms with E-state index in [1.165, 1.54) is 44.8 Å². The number of anilines is 2. The van der Waals surface area contributed by atoms with Crippen molar-refractivity contribution in [3.8, 4) is 0 Å².